The number of allylic oxidation sites excluding steroid dienone is 1. The Kier molecular flexibility index (Phi) is 6.29. The van der Waals surface area contributed by atoms with Crippen molar-refractivity contribution in [3.8, 4) is 5.75 Å². The van der Waals surface area contributed by atoms with Crippen LogP contribution in [0.2, 0.25) is 0 Å². The fourth-order valence-corrected chi connectivity index (χ4v) is 2.29. The molecule has 0 atom stereocenters. The van der Waals surface area contributed by atoms with Gasteiger partial charge in [-0.15, -0.1) is 0 Å². The second kappa shape index (κ2) is 7.73. The molecule has 0 aliphatic rings. The van der Waals surface area contributed by atoms with E-state index in [-0.39, 0.29) is 0 Å². The molecule has 0 aromatic heterocycles. The summed E-state index contributed by atoms with van der Waals surface area (Å²) >= 11 is 0. The highest BCUT2D eigenvalue weighted by molar-refractivity contribution is 5.91. The van der Waals surface area contributed by atoms with Gasteiger partial charge in [0.2, 0.25) is 0 Å². The molecule has 0 unspecified atom stereocenters. The second-order valence-corrected chi connectivity index (χ2v) is 5.06. The molecule has 3 heteroatoms. The monoisotopic (exact) mass is 276 g/mol. The molecule has 0 fully saturated rings. The summed E-state index contributed by atoms with van der Waals surface area (Å²) in [5.41, 5.74) is 3.92. The quantitative estimate of drug-likeness (QED) is 0.753. The van der Waals surface area contributed by atoms with E-state index in [0.29, 0.717) is 6.61 Å². The molecular formula is C17H24O3. The van der Waals surface area contributed by atoms with E-state index in [1.165, 1.54) is 6.08 Å². The molecule has 110 valence electrons. The molecule has 0 heterocycles. The molecule has 0 spiro atoms. The molecule has 0 radical (unpaired) electrons. The van der Waals surface area contributed by atoms with Gasteiger partial charge in [-0.3, -0.25) is 0 Å². The Morgan fingerprint density at radius 1 is 1.25 bits per heavy atom. The fraction of sp³-hybridized carbons (Fsp3) is 0.471. The molecule has 1 N–H and O–H groups in total. The minimum atomic E-state index is -0.908. The van der Waals surface area contributed by atoms with Crippen molar-refractivity contribution >= 4 is 11.5 Å². The number of hydrogen-bond donors (Lipinski definition) is 1. The van der Waals surface area contributed by atoms with Crippen LogP contribution in [0.1, 0.15) is 49.8 Å². The van der Waals surface area contributed by atoms with E-state index in [0.717, 1.165) is 47.3 Å². The summed E-state index contributed by atoms with van der Waals surface area (Å²) in [4.78, 5) is 11.0. The first kappa shape index (κ1) is 16.3. The number of ether oxygens (including phenoxy) is 1. The van der Waals surface area contributed by atoms with Gasteiger partial charge in [0.15, 0.2) is 0 Å². The molecule has 0 aliphatic heterocycles. The van der Waals surface area contributed by atoms with Crippen LogP contribution in [-0.2, 0) is 4.79 Å². The Morgan fingerprint density at radius 2 is 1.95 bits per heavy atom. The van der Waals surface area contributed by atoms with E-state index in [1.807, 2.05) is 26.8 Å². The molecule has 0 saturated carbocycles. The molecule has 0 saturated heterocycles. The van der Waals surface area contributed by atoms with Gasteiger partial charge in [0.25, 0.3) is 0 Å². The number of benzene rings is 1. The second-order valence-electron chi connectivity index (χ2n) is 5.06. The lowest BCUT2D eigenvalue weighted by Crippen LogP contribution is -2.03. The topological polar surface area (TPSA) is 46.5 Å². The molecule has 1 rings (SSSR count). The van der Waals surface area contributed by atoms with Crippen LogP contribution in [0.4, 0.5) is 0 Å². The number of hydrogen-bond acceptors (Lipinski definition) is 2. The van der Waals surface area contributed by atoms with Gasteiger partial charge in [-0.25, -0.2) is 4.79 Å². The van der Waals surface area contributed by atoms with Gasteiger partial charge in [-0.05, 0) is 49.5 Å². The SMILES string of the molecule is CCCOc1c(C)cc(C)cc1/C(=C/C(=O)O)CCC. The van der Waals surface area contributed by atoms with E-state index in [1.54, 1.807) is 0 Å². The lowest BCUT2D eigenvalue weighted by molar-refractivity contribution is -0.131. The van der Waals surface area contributed by atoms with Gasteiger partial charge < -0.3 is 9.84 Å². The average Bonchev–Trinajstić information content (AvgIpc) is 2.36. The van der Waals surface area contributed by atoms with Crippen molar-refractivity contribution in [2.45, 2.75) is 47.0 Å². The van der Waals surface area contributed by atoms with Crippen LogP contribution in [0.15, 0.2) is 18.2 Å². The third kappa shape index (κ3) is 4.41. The zero-order valence-corrected chi connectivity index (χ0v) is 12.8. The van der Waals surface area contributed by atoms with Crippen LogP contribution < -0.4 is 4.74 Å². The smallest absolute Gasteiger partial charge is 0.328 e. The zero-order chi connectivity index (χ0) is 15.1. The summed E-state index contributed by atoms with van der Waals surface area (Å²) in [5, 5.41) is 9.06. The van der Waals surface area contributed by atoms with Crippen molar-refractivity contribution in [3.63, 3.8) is 0 Å². The number of aryl methyl sites for hydroxylation is 2. The van der Waals surface area contributed by atoms with E-state index >= 15 is 0 Å². The molecule has 20 heavy (non-hydrogen) atoms. The van der Waals surface area contributed by atoms with E-state index in [2.05, 4.69) is 13.0 Å². The summed E-state index contributed by atoms with van der Waals surface area (Å²) in [6, 6.07) is 4.08. The van der Waals surface area contributed by atoms with Crippen molar-refractivity contribution in [1.29, 1.82) is 0 Å². The van der Waals surface area contributed by atoms with Gasteiger partial charge in [-0.2, -0.15) is 0 Å². The minimum Gasteiger partial charge on any atom is -0.493 e. The molecule has 1 aromatic carbocycles. The van der Waals surface area contributed by atoms with Gasteiger partial charge in [0.1, 0.15) is 5.75 Å². The predicted molar refractivity (Wildman–Crippen MR) is 82.2 cm³/mol. The number of carbonyl (C=O) groups is 1. The maximum Gasteiger partial charge on any atom is 0.328 e. The van der Waals surface area contributed by atoms with E-state index < -0.39 is 5.97 Å². The first-order chi connectivity index (χ1) is 9.49. The maximum atomic E-state index is 11.0. The van der Waals surface area contributed by atoms with Crippen LogP contribution >= 0.6 is 0 Å². The lowest BCUT2D eigenvalue weighted by atomic mass is 9.95. The predicted octanol–water partition coefficient (Wildman–Crippen LogP) is 4.36. The Morgan fingerprint density at radius 3 is 2.50 bits per heavy atom. The first-order valence-electron chi connectivity index (χ1n) is 7.17. The van der Waals surface area contributed by atoms with Crippen molar-refractivity contribution in [2.75, 3.05) is 6.61 Å². The van der Waals surface area contributed by atoms with Crippen LogP contribution in [0.3, 0.4) is 0 Å². The highest BCUT2D eigenvalue weighted by Crippen LogP contribution is 2.33. The summed E-state index contributed by atoms with van der Waals surface area (Å²) in [6.07, 6.45) is 3.87. The Balaban J connectivity index is 3.34. The fourth-order valence-electron chi connectivity index (χ4n) is 2.29. The molecule has 0 aliphatic carbocycles. The third-order valence-corrected chi connectivity index (χ3v) is 3.03. The highest BCUT2D eigenvalue weighted by Gasteiger charge is 2.13. The van der Waals surface area contributed by atoms with Crippen LogP contribution in [0.25, 0.3) is 5.57 Å². The molecule has 0 bridgehead atoms. The van der Waals surface area contributed by atoms with Crippen LogP contribution in [-0.4, -0.2) is 17.7 Å². The Bertz CT molecular complexity index is 501. The summed E-state index contributed by atoms with van der Waals surface area (Å²) in [7, 11) is 0. The van der Waals surface area contributed by atoms with Gasteiger partial charge in [0.05, 0.1) is 6.61 Å². The molecule has 1 aromatic rings. The maximum absolute atomic E-state index is 11.0. The van der Waals surface area contributed by atoms with E-state index in [4.69, 9.17) is 9.84 Å². The van der Waals surface area contributed by atoms with Gasteiger partial charge in [-0.1, -0.05) is 26.3 Å². The summed E-state index contributed by atoms with van der Waals surface area (Å²) < 4.78 is 5.85. The Labute approximate surface area is 121 Å². The highest BCUT2D eigenvalue weighted by atomic mass is 16.5. The summed E-state index contributed by atoms with van der Waals surface area (Å²) in [5.74, 6) is -0.0903. The van der Waals surface area contributed by atoms with Crippen molar-refractivity contribution < 1.29 is 14.6 Å². The Hall–Kier alpha value is -1.77. The minimum absolute atomic E-state index is 0.642. The number of carboxylic acids is 1. The molecular weight excluding hydrogens is 252 g/mol. The summed E-state index contributed by atoms with van der Waals surface area (Å²) in [6.45, 7) is 8.77. The van der Waals surface area contributed by atoms with Gasteiger partial charge in [0, 0.05) is 11.6 Å². The van der Waals surface area contributed by atoms with Crippen LogP contribution in [0, 0.1) is 13.8 Å². The number of rotatable bonds is 7. The number of aliphatic carboxylic acids is 1. The lowest BCUT2D eigenvalue weighted by Gasteiger charge is -2.17. The van der Waals surface area contributed by atoms with E-state index in [9.17, 15) is 4.79 Å². The largest absolute Gasteiger partial charge is 0.493 e. The third-order valence-electron chi connectivity index (χ3n) is 3.03. The first-order valence-corrected chi connectivity index (χ1v) is 7.17. The average molecular weight is 276 g/mol. The van der Waals surface area contributed by atoms with Crippen molar-refractivity contribution in [2.24, 2.45) is 0 Å². The molecule has 3 nitrogen and oxygen atoms in total. The van der Waals surface area contributed by atoms with Crippen molar-refractivity contribution in [1.82, 2.24) is 0 Å². The normalized spacial score (nSPS) is 11.5. The zero-order valence-electron chi connectivity index (χ0n) is 12.8. The van der Waals surface area contributed by atoms with Crippen LogP contribution in [0.5, 0.6) is 5.75 Å². The molecule has 0 amide bonds. The number of carboxylic acid groups (broad SMARTS) is 1. The van der Waals surface area contributed by atoms with Gasteiger partial charge >= 0.3 is 5.97 Å². The van der Waals surface area contributed by atoms with Crippen molar-refractivity contribution in [3.05, 3.63) is 34.9 Å². The standard InChI is InChI=1S/C17H24O3/c1-5-7-14(11-16(18)19)15-10-12(3)9-13(4)17(15)20-8-6-2/h9-11H,5-8H2,1-4H3,(H,18,19)/b14-11+.